The van der Waals surface area contributed by atoms with Crippen molar-refractivity contribution < 1.29 is 96.3 Å². The Morgan fingerprint density at radius 3 is 1.76 bits per heavy atom. The highest BCUT2D eigenvalue weighted by Gasteiger charge is 2.81. The first-order chi connectivity index (χ1) is 40.5. The van der Waals surface area contributed by atoms with E-state index < -0.39 is 150 Å². The van der Waals surface area contributed by atoms with E-state index >= 15 is 0 Å². The molecule has 4 N–H and O–H groups in total. The molecule has 0 unspecified atom stereocenters. The Hall–Kier alpha value is -3.85. The minimum Gasteiger partial charge on any atom is -0.458 e. The van der Waals surface area contributed by atoms with Crippen molar-refractivity contribution in [1.29, 1.82) is 0 Å². The first-order valence-corrected chi connectivity index (χ1v) is 30.5. The molecule has 25 atom stereocenters. The third-order valence-corrected chi connectivity index (χ3v) is 20.9. The largest absolute Gasteiger partial charge is 0.458 e. The van der Waals surface area contributed by atoms with Crippen LogP contribution < -0.4 is 0 Å². The molecule has 1 aromatic heterocycles. The third kappa shape index (κ3) is 12.1. The molecule has 4 aliphatic carbocycles. The summed E-state index contributed by atoms with van der Waals surface area (Å²) in [7, 11) is 6.48. The molecule has 0 bridgehead atoms. The van der Waals surface area contributed by atoms with Gasteiger partial charge in [-0.1, -0.05) is 55.8 Å². The number of hydrogen-bond donors (Lipinski definition) is 4. The highest BCUT2D eigenvalue weighted by molar-refractivity contribution is 5.89. The van der Waals surface area contributed by atoms with Crippen LogP contribution in [0.3, 0.4) is 0 Å². The number of methoxy groups -OCH3 is 4. The van der Waals surface area contributed by atoms with Crippen molar-refractivity contribution in [2.24, 2.45) is 16.7 Å². The van der Waals surface area contributed by atoms with E-state index in [0.29, 0.717) is 44.9 Å². The van der Waals surface area contributed by atoms with Gasteiger partial charge in [0.25, 0.3) is 0 Å². The lowest BCUT2D eigenvalue weighted by atomic mass is 9.42. The van der Waals surface area contributed by atoms with Crippen LogP contribution in [0.4, 0.5) is 0 Å². The van der Waals surface area contributed by atoms with Crippen molar-refractivity contribution in [3.8, 4) is 0 Å². The van der Waals surface area contributed by atoms with Crippen molar-refractivity contribution in [3.63, 3.8) is 0 Å². The molecular formula is C64H91NO20. The maximum atomic E-state index is 14.0. The van der Waals surface area contributed by atoms with Gasteiger partial charge in [-0.3, -0.25) is 4.98 Å². The Labute approximate surface area is 499 Å². The summed E-state index contributed by atoms with van der Waals surface area (Å²) in [6.07, 6.45) is 0.219. The number of esters is 2. The van der Waals surface area contributed by atoms with Gasteiger partial charge in [-0.2, -0.15) is 0 Å². The number of aliphatic hydroxyl groups is 4. The molecule has 3 saturated carbocycles. The van der Waals surface area contributed by atoms with Gasteiger partial charge < -0.3 is 86.7 Å². The van der Waals surface area contributed by atoms with Crippen LogP contribution in [-0.4, -0.2) is 199 Å². The predicted octanol–water partition coefficient (Wildman–Crippen LogP) is 6.29. The number of carbonyl (C=O) groups excluding carboxylic acids is 2. The Balaban J connectivity index is 0.776. The molecule has 4 aliphatic heterocycles. The second-order valence-electron chi connectivity index (χ2n) is 25.4. The predicted molar refractivity (Wildman–Crippen MR) is 304 cm³/mol. The van der Waals surface area contributed by atoms with Crippen LogP contribution in [0.5, 0.6) is 0 Å². The number of hydrogen-bond acceptors (Lipinski definition) is 21. The summed E-state index contributed by atoms with van der Waals surface area (Å²) in [5, 5.41) is 50.3. The van der Waals surface area contributed by atoms with Crippen LogP contribution in [0, 0.1) is 16.7 Å². The number of rotatable bonds is 18. The molecule has 0 amide bonds. The molecule has 472 valence electrons. The monoisotopic (exact) mass is 1190 g/mol. The number of benzene rings is 1. The van der Waals surface area contributed by atoms with Crippen LogP contribution in [-0.2, 0) is 71.1 Å². The molecule has 10 rings (SSSR count). The first-order valence-electron chi connectivity index (χ1n) is 30.5. The number of carbonyl (C=O) groups is 2. The SMILES string of the molecule is CO[C@H]1C[C@H](O[C@H]2CC[C@@]3(C)C(=CC[C@]4(O)[C@@H]3C[C@@H](OC(=O)/C=C/c3ccccc3)[C@@]3(C)[C@]4(O)CC[C@@]3(O)[C@H](C)OC(=O)c3cccnc3)C2)O[C@H](C)[C@H]1O[C@H]1C[C@H](OC)[C@H](O[C@H]2C[C@@H](OC)[C@H](O[C@H]3C[C@@H](OC)[C@H](O)[C@@H](C)O3)[C@@H](C)O2)[C@@H](C)O1. The summed E-state index contributed by atoms with van der Waals surface area (Å²) < 4.78 is 88.0. The van der Waals surface area contributed by atoms with E-state index in [-0.39, 0.29) is 43.5 Å². The van der Waals surface area contributed by atoms with Gasteiger partial charge in [-0.15, -0.1) is 0 Å². The third-order valence-electron chi connectivity index (χ3n) is 20.9. The average molecular weight is 1190 g/mol. The van der Waals surface area contributed by atoms with Crippen LogP contribution in [0.2, 0.25) is 0 Å². The lowest BCUT2D eigenvalue weighted by Crippen LogP contribution is -2.78. The van der Waals surface area contributed by atoms with E-state index in [9.17, 15) is 30.0 Å². The van der Waals surface area contributed by atoms with Gasteiger partial charge >= 0.3 is 11.9 Å². The minimum atomic E-state index is -2.01. The van der Waals surface area contributed by atoms with Gasteiger partial charge in [-0.25, -0.2) is 9.59 Å². The fourth-order valence-corrected chi connectivity index (χ4v) is 15.9. The van der Waals surface area contributed by atoms with Gasteiger partial charge in [0, 0.05) is 78.5 Å². The quantitative estimate of drug-likeness (QED) is 0.0727. The summed E-state index contributed by atoms with van der Waals surface area (Å²) in [6, 6.07) is 12.5. The van der Waals surface area contributed by atoms with Crippen molar-refractivity contribution >= 4 is 18.0 Å². The maximum absolute atomic E-state index is 14.0. The standard InChI is InChI=1S/C64H91NO20/c1-35-55(67)44(72-8)29-52(76-35)83-57-37(3)78-54(31-46(57)74-10)85-58-38(4)79-53(32-47(58)75-11)84-56-36(2)77-51(30-45(56)73-9)81-43-22-23-60(6)42(28-43)21-24-63(70)48(60)33-49(82-50(66)20-19-40-16-13-12-14-17-40)61(7)62(69,25-26-64(61,63)71)39(5)80-59(68)41-18-15-27-65-34-41/h12-21,27,34-39,43-49,51-58,67,69-71H,22-26,28-33H2,1-11H3/b20-19+/t35-,36-,37-,38-,39+,43+,44-,45+,46-,47+,48-,49-,51+,52+,53+,54+,55-,56-,57-,58-,60+,61-,62-,63+,64-/m1/s1. The van der Waals surface area contributed by atoms with Gasteiger partial charge in [0.1, 0.15) is 53.4 Å². The lowest BCUT2D eigenvalue weighted by Gasteiger charge is -2.67. The molecule has 4 saturated heterocycles. The van der Waals surface area contributed by atoms with E-state index in [1.54, 1.807) is 67.4 Å². The summed E-state index contributed by atoms with van der Waals surface area (Å²) in [4.78, 5) is 31.5. The number of pyridine rings is 1. The van der Waals surface area contributed by atoms with Crippen molar-refractivity contribution in [1.82, 2.24) is 4.98 Å². The maximum Gasteiger partial charge on any atom is 0.340 e. The fraction of sp³-hybridized carbons (Fsp3) is 0.734. The highest BCUT2D eigenvalue weighted by atomic mass is 16.8. The molecule has 7 fully saturated rings. The van der Waals surface area contributed by atoms with E-state index in [4.69, 9.17) is 66.3 Å². The molecule has 0 spiro atoms. The van der Waals surface area contributed by atoms with Gasteiger partial charge in [0.05, 0.1) is 65.9 Å². The molecule has 85 heavy (non-hydrogen) atoms. The molecule has 21 heteroatoms. The van der Waals surface area contributed by atoms with Crippen LogP contribution in [0.25, 0.3) is 6.08 Å². The Bertz CT molecular complexity index is 2650. The van der Waals surface area contributed by atoms with E-state index in [1.807, 2.05) is 57.2 Å². The normalized spacial score (nSPS) is 45.0. The Morgan fingerprint density at radius 2 is 1.22 bits per heavy atom. The topological polar surface area (TPSA) is 257 Å². The Kier molecular flexibility index (Phi) is 19.6. The Morgan fingerprint density at radius 1 is 0.682 bits per heavy atom. The summed E-state index contributed by atoms with van der Waals surface area (Å²) in [6.45, 7) is 12.9. The minimum absolute atomic E-state index is 0.0516. The zero-order valence-corrected chi connectivity index (χ0v) is 51.0. The zero-order chi connectivity index (χ0) is 60.8. The molecule has 1 aromatic carbocycles. The van der Waals surface area contributed by atoms with Crippen molar-refractivity contribution in [2.45, 2.75) is 253 Å². The second kappa shape index (κ2) is 25.9. The first kappa shape index (κ1) is 64.1. The average Bonchev–Trinajstić information content (AvgIpc) is 1.75. The van der Waals surface area contributed by atoms with Gasteiger partial charge in [0.15, 0.2) is 25.2 Å². The smallest absolute Gasteiger partial charge is 0.340 e. The van der Waals surface area contributed by atoms with Crippen molar-refractivity contribution in [3.05, 3.63) is 83.7 Å². The summed E-state index contributed by atoms with van der Waals surface area (Å²) in [5.74, 6) is -2.01. The van der Waals surface area contributed by atoms with Gasteiger partial charge in [0.2, 0.25) is 0 Å². The molecule has 0 radical (unpaired) electrons. The number of aliphatic hydroxyl groups excluding tert-OH is 1. The van der Waals surface area contributed by atoms with Crippen LogP contribution in [0.15, 0.2) is 72.6 Å². The highest BCUT2D eigenvalue weighted by Crippen LogP contribution is 2.71. The zero-order valence-electron chi connectivity index (χ0n) is 51.0. The molecule has 2 aromatic rings. The van der Waals surface area contributed by atoms with Crippen LogP contribution in [0.1, 0.15) is 135 Å². The molecule has 21 nitrogen and oxygen atoms in total. The van der Waals surface area contributed by atoms with Crippen molar-refractivity contribution in [2.75, 3.05) is 28.4 Å². The van der Waals surface area contributed by atoms with Gasteiger partial charge in [-0.05, 0) is 109 Å². The van der Waals surface area contributed by atoms with E-state index in [1.165, 1.54) is 18.5 Å². The molecular weight excluding hydrogens is 1100 g/mol. The van der Waals surface area contributed by atoms with E-state index in [2.05, 4.69) is 11.9 Å². The number of aromatic nitrogens is 1. The van der Waals surface area contributed by atoms with Crippen LogP contribution >= 0.6 is 0 Å². The molecule has 8 aliphatic rings. The summed E-state index contributed by atoms with van der Waals surface area (Å²) in [5.41, 5.74) is -6.12. The number of nitrogens with zero attached hydrogens (tertiary/aromatic N) is 1. The summed E-state index contributed by atoms with van der Waals surface area (Å²) >= 11 is 0. The number of fused-ring (bicyclic) bond motifs is 5. The molecule has 5 heterocycles. The fourth-order valence-electron chi connectivity index (χ4n) is 15.9. The second-order valence-corrected chi connectivity index (χ2v) is 25.4. The number of ether oxygens (including phenoxy) is 14. The lowest BCUT2D eigenvalue weighted by molar-refractivity contribution is -0.347. The van der Waals surface area contributed by atoms with E-state index in [0.717, 1.165) is 11.1 Å².